The van der Waals surface area contributed by atoms with Crippen LogP contribution in [-0.2, 0) is 9.47 Å². The van der Waals surface area contributed by atoms with Crippen molar-refractivity contribution in [1.29, 1.82) is 0 Å². The van der Waals surface area contributed by atoms with Crippen molar-refractivity contribution in [2.24, 2.45) is 0 Å². The van der Waals surface area contributed by atoms with Gasteiger partial charge in [0.25, 0.3) is 0 Å². The average Bonchev–Trinajstić information content (AvgIpc) is 3.53. The molecule has 34 heavy (non-hydrogen) atoms. The minimum absolute atomic E-state index is 0.188. The van der Waals surface area contributed by atoms with E-state index in [1.807, 2.05) is 12.4 Å². The molecule has 3 aromatic rings. The zero-order valence-electron chi connectivity index (χ0n) is 19.4. The summed E-state index contributed by atoms with van der Waals surface area (Å²) < 4.78 is 13.1. The summed E-state index contributed by atoms with van der Waals surface area (Å²) in [7, 11) is 0. The minimum atomic E-state index is -0.188. The molecule has 2 saturated heterocycles. The largest absolute Gasteiger partial charge is 0.393 e. The number of nitrogens with one attached hydrogen (secondary N) is 1. The van der Waals surface area contributed by atoms with Gasteiger partial charge in [-0.25, -0.2) is 14.5 Å². The van der Waals surface area contributed by atoms with Crippen molar-refractivity contribution in [2.45, 2.75) is 50.2 Å². The zero-order valence-corrected chi connectivity index (χ0v) is 19.4. The Bertz CT molecular complexity index is 1130. The van der Waals surface area contributed by atoms with Crippen LogP contribution in [0.3, 0.4) is 0 Å². The van der Waals surface area contributed by atoms with Gasteiger partial charge in [-0.3, -0.25) is 0 Å². The van der Waals surface area contributed by atoms with Gasteiger partial charge in [-0.15, -0.1) is 5.10 Å². The number of hydrogen-bond acceptors (Lipinski definition) is 8. The van der Waals surface area contributed by atoms with E-state index in [0.29, 0.717) is 18.5 Å². The van der Waals surface area contributed by atoms with E-state index < -0.39 is 0 Å². The molecule has 9 heteroatoms. The van der Waals surface area contributed by atoms with E-state index >= 15 is 0 Å². The molecule has 0 radical (unpaired) electrons. The number of pyridine rings is 1. The van der Waals surface area contributed by atoms with E-state index in [0.717, 1.165) is 87.5 Å². The van der Waals surface area contributed by atoms with Crippen molar-refractivity contribution in [3.8, 4) is 11.1 Å². The number of rotatable bonds is 5. The van der Waals surface area contributed by atoms with Crippen LogP contribution in [0.4, 0.5) is 11.8 Å². The molecule has 0 spiro atoms. The summed E-state index contributed by atoms with van der Waals surface area (Å²) in [5.41, 5.74) is 4.42. The highest BCUT2D eigenvalue weighted by Crippen LogP contribution is 2.38. The van der Waals surface area contributed by atoms with Gasteiger partial charge in [0.1, 0.15) is 5.82 Å². The molecule has 2 N–H and O–H groups in total. The molecule has 0 unspecified atom stereocenters. The molecule has 180 valence electrons. The fraction of sp³-hybridized carbons (Fsp3) is 0.560. The number of aromatic nitrogens is 4. The summed E-state index contributed by atoms with van der Waals surface area (Å²) in [4.78, 5) is 11.6. The topological polar surface area (TPSA) is 97.0 Å². The molecule has 3 fully saturated rings. The molecule has 1 atom stereocenters. The second-order valence-electron chi connectivity index (χ2n) is 9.57. The zero-order chi connectivity index (χ0) is 22.9. The van der Waals surface area contributed by atoms with Crippen LogP contribution in [0.2, 0.25) is 0 Å². The van der Waals surface area contributed by atoms with Gasteiger partial charge in [-0.05, 0) is 55.9 Å². The highest BCUT2D eigenvalue weighted by molar-refractivity contribution is 5.82. The number of hydrogen-bond donors (Lipinski definition) is 2. The molecule has 5 heterocycles. The number of anilines is 2. The lowest BCUT2D eigenvalue weighted by Crippen LogP contribution is -2.36. The summed E-state index contributed by atoms with van der Waals surface area (Å²) in [6, 6.07) is 6.75. The fourth-order valence-corrected chi connectivity index (χ4v) is 5.36. The standard InChI is InChI=1S/C25H32N6O3/c32-20-3-1-17(2-4-20)22-14-21(18-5-7-26-24(13-18)30-8-11-33-12-9-30)23-15-27-25(29-31(22)23)28-19-6-10-34-16-19/h5,7,13-15,17,19-20,32H,1-4,6,8-12,16H2,(H,28,29)/t17?,19-,20?/m1/s1. The van der Waals surface area contributed by atoms with Gasteiger partial charge in [0.15, 0.2) is 0 Å². The molecular formula is C25H32N6O3. The molecule has 3 aromatic heterocycles. The number of ether oxygens (including phenoxy) is 2. The Morgan fingerprint density at radius 1 is 0.971 bits per heavy atom. The first-order valence-electron chi connectivity index (χ1n) is 12.4. The van der Waals surface area contributed by atoms with Crippen LogP contribution < -0.4 is 10.2 Å². The molecule has 0 amide bonds. The van der Waals surface area contributed by atoms with Crippen LogP contribution >= 0.6 is 0 Å². The van der Waals surface area contributed by atoms with Crippen molar-refractivity contribution in [3.05, 3.63) is 36.3 Å². The van der Waals surface area contributed by atoms with Crippen molar-refractivity contribution in [2.75, 3.05) is 49.7 Å². The molecule has 9 nitrogen and oxygen atoms in total. The van der Waals surface area contributed by atoms with E-state index in [9.17, 15) is 5.11 Å². The highest BCUT2D eigenvalue weighted by atomic mass is 16.5. The lowest BCUT2D eigenvalue weighted by molar-refractivity contribution is 0.121. The lowest BCUT2D eigenvalue weighted by atomic mass is 9.85. The van der Waals surface area contributed by atoms with Crippen LogP contribution in [0.25, 0.3) is 16.6 Å². The maximum Gasteiger partial charge on any atom is 0.241 e. The van der Waals surface area contributed by atoms with Gasteiger partial charge in [-0.1, -0.05) is 0 Å². The molecule has 1 saturated carbocycles. The first kappa shape index (κ1) is 21.8. The molecule has 0 aromatic carbocycles. The quantitative estimate of drug-likeness (QED) is 0.595. The summed E-state index contributed by atoms with van der Waals surface area (Å²) in [5, 5.41) is 18.4. The summed E-state index contributed by atoms with van der Waals surface area (Å²) in [6.45, 7) is 4.63. The Morgan fingerprint density at radius 2 is 1.82 bits per heavy atom. The predicted molar refractivity (Wildman–Crippen MR) is 129 cm³/mol. The van der Waals surface area contributed by atoms with E-state index in [4.69, 9.17) is 14.6 Å². The third kappa shape index (κ3) is 4.35. The Balaban J connectivity index is 1.39. The van der Waals surface area contributed by atoms with Gasteiger partial charge in [0.05, 0.1) is 43.7 Å². The van der Waals surface area contributed by atoms with E-state index in [2.05, 4.69) is 42.9 Å². The second-order valence-corrected chi connectivity index (χ2v) is 9.57. The third-order valence-corrected chi connectivity index (χ3v) is 7.31. The number of aliphatic hydroxyl groups excluding tert-OH is 1. The molecular weight excluding hydrogens is 432 g/mol. The Labute approximate surface area is 199 Å². The maximum absolute atomic E-state index is 10.1. The smallest absolute Gasteiger partial charge is 0.241 e. The minimum Gasteiger partial charge on any atom is -0.393 e. The normalized spacial score (nSPS) is 25.7. The van der Waals surface area contributed by atoms with Gasteiger partial charge >= 0.3 is 0 Å². The van der Waals surface area contributed by atoms with Gasteiger partial charge in [0, 0.05) is 43.1 Å². The lowest BCUT2D eigenvalue weighted by Gasteiger charge is -2.28. The molecule has 2 aliphatic heterocycles. The number of aliphatic hydroxyl groups is 1. The SMILES string of the molecule is OC1CCC(c2cc(-c3ccnc(N4CCOCC4)c3)c3cnc(N[C@@H]4CCOC4)nn23)CC1. The van der Waals surface area contributed by atoms with Crippen molar-refractivity contribution < 1.29 is 14.6 Å². The summed E-state index contributed by atoms with van der Waals surface area (Å²) >= 11 is 0. The van der Waals surface area contributed by atoms with Crippen molar-refractivity contribution >= 4 is 17.3 Å². The van der Waals surface area contributed by atoms with E-state index in [1.54, 1.807) is 0 Å². The van der Waals surface area contributed by atoms with Crippen LogP contribution in [0.5, 0.6) is 0 Å². The maximum atomic E-state index is 10.1. The second kappa shape index (κ2) is 9.48. The van der Waals surface area contributed by atoms with Crippen LogP contribution in [0.1, 0.15) is 43.7 Å². The van der Waals surface area contributed by atoms with E-state index in [1.165, 1.54) is 5.69 Å². The third-order valence-electron chi connectivity index (χ3n) is 7.31. The number of morpholine rings is 1. The van der Waals surface area contributed by atoms with Crippen molar-refractivity contribution in [3.63, 3.8) is 0 Å². The van der Waals surface area contributed by atoms with E-state index in [-0.39, 0.29) is 12.1 Å². The molecule has 1 aliphatic carbocycles. The fourth-order valence-electron chi connectivity index (χ4n) is 5.36. The van der Waals surface area contributed by atoms with Gasteiger partial charge in [0.2, 0.25) is 5.95 Å². The Kier molecular flexibility index (Phi) is 6.07. The number of nitrogens with zero attached hydrogens (tertiary/aromatic N) is 5. The molecule has 0 bridgehead atoms. The molecule has 3 aliphatic rings. The first-order chi connectivity index (χ1) is 16.7. The van der Waals surface area contributed by atoms with Gasteiger partial charge in [-0.2, -0.15) is 0 Å². The van der Waals surface area contributed by atoms with Crippen LogP contribution in [-0.4, -0.2) is 76.4 Å². The summed E-state index contributed by atoms with van der Waals surface area (Å²) in [6.07, 6.45) is 8.18. The number of fused-ring (bicyclic) bond motifs is 1. The molecule has 6 rings (SSSR count). The van der Waals surface area contributed by atoms with Crippen LogP contribution in [0.15, 0.2) is 30.6 Å². The first-order valence-corrected chi connectivity index (χ1v) is 12.4. The summed E-state index contributed by atoms with van der Waals surface area (Å²) in [5.74, 6) is 1.97. The van der Waals surface area contributed by atoms with Gasteiger partial charge < -0.3 is 24.8 Å². The predicted octanol–water partition coefficient (Wildman–Crippen LogP) is 2.85. The average molecular weight is 465 g/mol. The monoisotopic (exact) mass is 464 g/mol. The van der Waals surface area contributed by atoms with Crippen molar-refractivity contribution in [1.82, 2.24) is 19.6 Å². The highest BCUT2D eigenvalue weighted by Gasteiger charge is 2.26. The Morgan fingerprint density at radius 3 is 2.62 bits per heavy atom. The van der Waals surface area contributed by atoms with Crippen LogP contribution in [0, 0.1) is 0 Å². The Hall–Kier alpha value is -2.75.